The van der Waals surface area contributed by atoms with Gasteiger partial charge in [0.2, 0.25) is 5.88 Å². The molecule has 6 nitrogen and oxygen atoms in total. The van der Waals surface area contributed by atoms with Crippen LogP contribution in [-0.2, 0) is 6.54 Å². The fourth-order valence-corrected chi connectivity index (χ4v) is 2.52. The smallest absolute Gasteiger partial charge is 0.422 e. The number of hydrogen-bond acceptors (Lipinski definition) is 5. The maximum absolute atomic E-state index is 12.4. The second kappa shape index (κ2) is 9.50. The second-order valence-electron chi connectivity index (χ2n) is 5.48. The number of rotatable bonds is 8. The first-order valence-electron chi connectivity index (χ1n) is 8.17. The quantitative estimate of drug-likeness (QED) is 0.701. The van der Waals surface area contributed by atoms with Crippen molar-refractivity contribution in [1.29, 1.82) is 0 Å². The largest absolute Gasteiger partial charge is 0.493 e. The topological polar surface area (TPSA) is 69.7 Å². The number of nitrogens with one attached hydrogen (secondary N) is 1. The average molecular weight is 419 g/mol. The lowest BCUT2D eigenvalue weighted by Crippen LogP contribution is -2.24. The first-order chi connectivity index (χ1) is 13.2. The van der Waals surface area contributed by atoms with E-state index in [1.165, 1.54) is 37.6 Å². The molecule has 0 atom stereocenters. The highest BCUT2D eigenvalue weighted by Gasteiger charge is 2.29. The second-order valence-corrected chi connectivity index (χ2v) is 5.88. The van der Waals surface area contributed by atoms with Gasteiger partial charge in [-0.1, -0.05) is 17.7 Å². The number of pyridine rings is 1. The minimum atomic E-state index is -4.49. The van der Waals surface area contributed by atoms with Gasteiger partial charge in [-0.15, -0.1) is 0 Å². The summed E-state index contributed by atoms with van der Waals surface area (Å²) < 4.78 is 52.3. The van der Waals surface area contributed by atoms with Crippen LogP contribution in [0, 0.1) is 0 Å². The molecule has 1 heterocycles. The van der Waals surface area contributed by atoms with E-state index >= 15 is 0 Å². The number of hydrogen-bond donors (Lipinski definition) is 1. The molecule has 152 valence electrons. The third-order valence-electron chi connectivity index (χ3n) is 3.44. The number of halogens is 4. The Hall–Kier alpha value is -2.68. The lowest BCUT2D eigenvalue weighted by Gasteiger charge is -2.14. The van der Waals surface area contributed by atoms with E-state index in [1.807, 2.05) is 0 Å². The number of ether oxygens (including phenoxy) is 3. The van der Waals surface area contributed by atoms with E-state index in [2.05, 4.69) is 10.3 Å². The molecule has 10 heteroatoms. The van der Waals surface area contributed by atoms with Gasteiger partial charge in [-0.25, -0.2) is 4.98 Å². The van der Waals surface area contributed by atoms with Crippen LogP contribution in [0.15, 0.2) is 30.5 Å². The zero-order valence-corrected chi connectivity index (χ0v) is 15.9. The maximum Gasteiger partial charge on any atom is 0.422 e. The van der Waals surface area contributed by atoms with Gasteiger partial charge >= 0.3 is 6.18 Å². The molecule has 0 saturated heterocycles. The van der Waals surface area contributed by atoms with Crippen molar-refractivity contribution in [2.75, 3.05) is 20.3 Å². The molecule has 2 aromatic rings. The van der Waals surface area contributed by atoms with Gasteiger partial charge in [-0.3, -0.25) is 4.79 Å². The number of amides is 1. The van der Waals surface area contributed by atoms with Crippen molar-refractivity contribution in [3.8, 4) is 17.4 Å². The molecule has 0 spiro atoms. The summed E-state index contributed by atoms with van der Waals surface area (Å²) in [6.45, 7) is 0.579. The minimum absolute atomic E-state index is 0.0903. The zero-order chi connectivity index (χ0) is 20.7. The molecule has 0 fully saturated rings. The van der Waals surface area contributed by atoms with Crippen molar-refractivity contribution in [3.63, 3.8) is 0 Å². The lowest BCUT2D eigenvalue weighted by atomic mass is 10.1. The van der Waals surface area contributed by atoms with Crippen LogP contribution >= 0.6 is 11.6 Å². The molecule has 0 saturated carbocycles. The molecule has 0 radical (unpaired) electrons. The highest BCUT2D eigenvalue weighted by Crippen LogP contribution is 2.36. The predicted molar refractivity (Wildman–Crippen MR) is 96.1 cm³/mol. The number of carbonyl (C=O) groups is 1. The Morgan fingerprint density at radius 1 is 1.29 bits per heavy atom. The minimum Gasteiger partial charge on any atom is -0.493 e. The van der Waals surface area contributed by atoms with Crippen molar-refractivity contribution in [2.24, 2.45) is 0 Å². The monoisotopic (exact) mass is 418 g/mol. The Kier molecular flexibility index (Phi) is 7.33. The molecule has 0 bridgehead atoms. The molecular formula is C18H18ClF3N2O4. The molecule has 0 unspecified atom stereocenters. The summed E-state index contributed by atoms with van der Waals surface area (Å²) in [7, 11) is 1.41. The number of carbonyl (C=O) groups excluding carboxylic acids is 1. The molecule has 1 aromatic heterocycles. The molecular weight excluding hydrogens is 401 g/mol. The van der Waals surface area contributed by atoms with E-state index in [0.29, 0.717) is 17.9 Å². The molecule has 28 heavy (non-hydrogen) atoms. The normalized spacial score (nSPS) is 11.1. The van der Waals surface area contributed by atoms with Crippen molar-refractivity contribution in [1.82, 2.24) is 10.3 Å². The summed E-state index contributed by atoms with van der Waals surface area (Å²) >= 11 is 6.14. The SMILES string of the molecule is CCOc1c(Cl)cc(C(=O)NCc2cccnc2OCC(F)(F)F)cc1OC. The van der Waals surface area contributed by atoms with E-state index in [9.17, 15) is 18.0 Å². The van der Waals surface area contributed by atoms with Crippen molar-refractivity contribution in [3.05, 3.63) is 46.6 Å². The van der Waals surface area contributed by atoms with Gasteiger partial charge in [-0.2, -0.15) is 13.2 Å². The average Bonchev–Trinajstić information content (AvgIpc) is 2.65. The van der Waals surface area contributed by atoms with E-state index < -0.39 is 18.7 Å². The summed E-state index contributed by atoms with van der Waals surface area (Å²) in [5.41, 5.74) is 0.496. The van der Waals surface area contributed by atoms with Crippen molar-refractivity contribution in [2.45, 2.75) is 19.6 Å². The number of methoxy groups -OCH3 is 1. The van der Waals surface area contributed by atoms with Crippen molar-refractivity contribution < 1.29 is 32.2 Å². The molecule has 0 aliphatic carbocycles. The molecule has 0 aliphatic rings. The first kappa shape index (κ1) is 21.6. The lowest BCUT2D eigenvalue weighted by molar-refractivity contribution is -0.154. The number of nitrogens with zero attached hydrogens (tertiary/aromatic N) is 1. The third-order valence-corrected chi connectivity index (χ3v) is 3.72. The van der Waals surface area contributed by atoms with Gasteiger partial charge in [0, 0.05) is 23.9 Å². The Bertz CT molecular complexity index is 831. The maximum atomic E-state index is 12.4. The van der Waals surface area contributed by atoms with Gasteiger partial charge < -0.3 is 19.5 Å². The van der Waals surface area contributed by atoms with E-state index in [1.54, 1.807) is 6.92 Å². The van der Waals surface area contributed by atoms with Crippen LogP contribution < -0.4 is 19.5 Å². The van der Waals surface area contributed by atoms with Gasteiger partial charge in [-0.05, 0) is 25.1 Å². The summed E-state index contributed by atoms with van der Waals surface area (Å²) in [5.74, 6) is -0.107. The summed E-state index contributed by atoms with van der Waals surface area (Å²) in [5, 5.41) is 2.78. The fraction of sp³-hybridized carbons (Fsp3) is 0.333. The molecule has 0 aliphatic heterocycles. The Morgan fingerprint density at radius 3 is 2.68 bits per heavy atom. The van der Waals surface area contributed by atoms with Crippen LogP contribution in [0.1, 0.15) is 22.8 Å². The fourth-order valence-electron chi connectivity index (χ4n) is 2.25. The highest BCUT2D eigenvalue weighted by atomic mass is 35.5. The Labute approximate surface area is 164 Å². The van der Waals surface area contributed by atoms with Gasteiger partial charge in [0.15, 0.2) is 18.1 Å². The Balaban J connectivity index is 2.12. The zero-order valence-electron chi connectivity index (χ0n) is 15.1. The van der Waals surface area contributed by atoms with Crippen LogP contribution in [0.3, 0.4) is 0 Å². The van der Waals surface area contributed by atoms with E-state index in [-0.39, 0.29) is 28.8 Å². The standard InChI is InChI=1S/C18H18ClF3N2O4/c1-3-27-15-13(19)7-12(8-14(15)26-2)16(25)24-9-11-5-4-6-23-17(11)28-10-18(20,21)22/h4-8H,3,9-10H2,1-2H3,(H,24,25). The van der Waals surface area contributed by atoms with Crippen LogP contribution in [0.5, 0.6) is 17.4 Å². The number of benzene rings is 1. The van der Waals surface area contributed by atoms with Crippen molar-refractivity contribution >= 4 is 17.5 Å². The van der Waals surface area contributed by atoms with Crippen LogP contribution in [0.4, 0.5) is 13.2 Å². The first-order valence-corrected chi connectivity index (χ1v) is 8.55. The van der Waals surface area contributed by atoms with Gasteiger partial charge in [0.05, 0.1) is 18.7 Å². The van der Waals surface area contributed by atoms with E-state index in [4.69, 9.17) is 25.8 Å². The van der Waals surface area contributed by atoms with Gasteiger partial charge in [0.25, 0.3) is 5.91 Å². The molecule has 1 amide bonds. The Morgan fingerprint density at radius 2 is 2.04 bits per heavy atom. The molecule has 2 rings (SSSR count). The third kappa shape index (κ3) is 5.91. The molecule has 1 aromatic carbocycles. The number of aromatic nitrogens is 1. The summed E-state index contributed by atoms with van der Waals surface area (Å²) in [4.78, 5) is 16.2. The van der Waals surface area contributed by atoms with Gasteiger partial charge in [0.1, 0.15) is 0 Å². The van der Waals surface area contributed by atoms with Crippen LogP contribution in [0.25, 0.3) is 0 Å². The summed E-state index contributed by atoms with van der Waals surface area (Å²) in [6, 6.07) is 5.90. The van der Waals surface area contributed by atoms with E-state index in [0.717, 1.165) is 0 Å². The molecule has 1 N–H and O–H groups in total. The number of alkyl halides is 3. The highest BCUT2D eigenvalue weighted by molar-refractivity contribution is 6.32. The van der Waals surface area contributed by atoms with Crippen LogP contribution in [-0.4, -0.2) is 37.4 Å². The summed E-state index contributed by atoms with van der Waals surface area (Å²) in [6.07, 6.45) is -3.19. The predicted octanol–water partition coefficient (Wildman–Crippen LogP) is 4.01. The van der Waals surface area contributed by atoms with Crippen LogP contribution in [0.2, 0.25) is 5.02 Å².